The number of hydrogen-bond acceptors (Lipinski definition) is 6. The van der Waals surface area contributed by atoms with E-state index in [1.54, 1.807) is 48.7 Å². The summed E-state index contributed by atoms with van der Waals surface area (Å²) in [6.07, 6.45) is 4.58. The fraction of sp³-hybridized carbons (Fsp3) is 0.214. The molecule has 0 fully saturated rings. The zero-order valence-electron chi connectivity index (χ0n) is 20.0. The van der Waals surface area contributed by atoms with Crippen LogP contribution in [0.3, 0.4) is 0 Å². The van der Waals surface area contributed by atoms with E-state index in [1.807, 2.05) is 51.1 Å². The summed E-state index contributed by atoms with van der Waals surface area (Å²) < 4.78 is 10.7. The van der Waals surface area contributed by atoms with Gasteiger partial charge in [-0.1, -0.05) is 39.0 Å². The highest BCUT2D eigenvalue weighted by molar-refractivity contribution is 6.00. The number of ether oxygens (including phenoxy) is 2. The molecule has 0 bridgehead atoms. The number of rotatable bonds is 9. The van der Waals surface area contributed by atoms with Gasteiger partial charge in [0, 0.05) is 28.9 Å². The Morgan fingerprint density at radius 1 is 0.943 bits per heavy atom. The van der Waals surface area contributed by atoms with Crippen LogP contribution >= 0.6 is 0 Å². The van der Waals surface area contributed by atoms with Crippen LogP contribution in [-0.4, -0.2) is 29.3 Å². The van der Waals surface area contributed by atoms with Gasteiger partial charge >= 0.3 is 5.97 Å². The zero-order chi connectivity index (χ0) is 25.3. The Morgan fingerprint density at radius 3 is 2.29 bits per heavy atom. The van der Waals surface area contributed by atoms with Crippen LogP contribution < -0.4 is 10.1 Å². The minimum absolute atomic E-state index is 0.121. The summed E-state index contributed by atoms with van der Waals surface area (Å²) in [4.78, 5) is 40.6. The van der Waals surface area contributed by atoms with Crippen molar-refractivity contribution in [2.24, 2.45) is 5.41 Å². The third-order valence-corrected chi connectivity index (χ3v) is 4.90. The topological polar surface area (TPSA) is 94.6 Å². The third kappa shape index (κ3) is 8.23. The van der Waals surface area contributed by atoms with Gasteiger partial charge in [0.2, 0.25) is 5.91 Å². The first-order chi connectivity index (χ1) is 16.7. The zero-order valence-corrected chi connectivity index (χ0v) is 20.0. The lowest BCUT2D eigenvalue weighted by atomic mass is 9.95. The molecule has 1 amide bonds. The maximum Gasteiger partial charge on any atom is 0.331 e. The molecule has 2 aromatic carbocycles. The molecule has 0 unspecified atom stereocenters. The van der Waals surface area contributed by atoms with Crippen molar-refractivity contribution in [1.29, 1.82) is 0 Å². The first-order valence-corrected chi connectivity index (χ1v) is 11.1. The second-order valence-corrected chi connectivity index (χ2v) is 8.82. The van der Waals surface area contributed by atoms with Crippen molar-refractivity contribution in [3.63, 3.8) is 0 Å². The van der Waals surface area contributed by atoms with Gasteiger partial charge in [-0.25, -0.2) is 4.79 Å². The van der Waals surface area contributed by atoms with E-state index in [2.05, 4.69) is 10.3 Å². The van der Waals surface area contributed by atoms with Gasteiger partial charge in [0.1, 0.15) is 12.4 Å². The molecule has 3 aromatic rings. The van der Waals surface area contributed by atoms with Gasteiger partial charge in [-0.3, -0.25) is 14.6 Å². The van der Waals surface area contributed by atoms with E-state index >= 15 is 0 Å². The van der Waals surface area contributed by atoms with Crippen molar-refractivity contribution >= 4 is 29.4 Å². The third-order valence-electron chi connectivity index (χ3n) is 4.90. The summed E-state index contributed by atoms with van der Waals surface area (Å²) >= 11 is 0. The van der Waals surface area contributed by atoms with Crippen LogP contribution in [0.4, 0.5) is 5.69 Å². The number of esters is 1. The van der Waals surface area contributed by atoms with Crippen LogP contribution in [0.5, 0.6) is 5.75 Å². The van der Waals surface area contributed by atoms with Crippen molar-refractivity contribution < 1.29 is 23.9 Å². The SMILES string of the molecule is CC(C)(C)C(=O)Nc1ccc(C(=O)COC(=O)C=Cc2ccc(OCc3ccccn3)cc2)cc1. The minimum atomic E-state index is -0.622. The number of anilines is 1. The molecule has 0 spiro atoms. The molecule has 3 rings (SSSR count). The maximum atomic E-state index is 12.3. The molecule has 0 saturated carbocycles. The van der Waals surface area contributed by atoms with Crippen LogP contribution in [0.25, 0.3) is 6.08 Å². The van der Waals surface area contributed by atoms with Gasteiger partial charge in [-0.05, 0) is 60.2 Å². The summed E-state index contributed by atoms with van der Waals surface area (Å²) in [6, 6.07) is 19.3. The second-order valence-electron chi connectivity index (χ2n) is 8.82. The van der Waals surface area contributed by atoms with Gasteiger partial charge < -0.3 is 14.8 Å². The van der Waals surface area contributed by atoms with E-state index in [0.717, 1.165) is 11.3 Å². The van der Waals surface area contributed by atoms with Crippen molar-refractivity contribution in [3.8, 4) is 5.75 Å². The van der Waals surface area contributed by atoms with Gasteiger partial charge in [0.15, 0.2) is 12.4 Å². The van der Waals surface area contributed by atoms with Gasteiger partial charge in [0.05, 0.1) is 5.69 Å². The predicted molar refractivity (Wildman–Crippen MR) is 134 cm³/mol. The molecule has 180 valence electrons. The Hall–Kier alpha value is -4.26. The summed E-state index contributed by atoms with van der Waals surface area (Å²) in [5.74, 6) is -0.397. The van der Waals surface area contributed by atoms with Crippen molar-refractivity contribution in [2.75, 3.05) is 11.9 Å². The number of carbonyl (C=O) groups excluding carboxylic acids is 3. The Labute approximate surface area is 204 Å². The Balaban J connectivity index is 1.44. The summed E-state index contributed by atoms with van der Waals surface area (Å²) in [6.45, 7) is 5.44. The van der Waals surface area contributed by atoms with E-state index < -0.39 is 11.4 Å². The van der Waals surface area contributed by atoms with Gasteiger partial charge in [-0.15, -0.1) is 0 Å². The summed E-state index contributed by atoms with van der Waals surface area (Å²) in [7, 11) is 0. The highest BCUT2D eigenvalue weighted by atomic mass is 16.5. The molecule has 7 heteroatoms. The molecule has 1 aromatic heterocycles. The molecular formula is C28H28N2O5. The van der Waals surface area contributed by atoms with Crippen LogP contribution in [0, 0.1) is 5.41 Å². The molecule has 0 aliphatic rings. The highest BCUT2D eigenvalue weighted by Gasteiger charge is 2.21. The molecular weight excluding hydrogens is 444 g/mol. The first kappa shape index (κ1) is 25.4. The maximum absolute atomic E-state index is 12.3. The number of carbonyl (C=O) groups is 3. The average Bonchev–Trinajstić information content (AvgIpc) is 2.86. The number of aromatic nitrogens is 1. The number of benzene rings is 2. The highest BCUT2D eigenvalue weighted by Crippen LogP contribution is 2.18. The summed E-state index contributed by atoms with van der Waals surface area (Å²) in [5, 5.41) is 2.79. The average molecular weight is 473 g/mol. The molecule has 0 saturated heterocycles. The molecule has 7 nitrogen and oxygen atoms in total. The van der Waals surface area contributed by atoms with Crippen LogP contribution in [0.15, 0.2) is 79.0 Å². The molecule has 1 N–H and O–H groups in total. The largest absolute Gasteiger partial charge is 0.487 e. The van der Waals surface area contributed by atoms with Crippen molar-refractivity contribution in [3.05, 3.63) is 95.8 Å². The molecule has 0 aliphatic carbocycles. The molecule has 35 heavy (non-hydrogen) atoms. The number of hydrogen-bond donors (Lipinski definition) is 1. The predicted octanol–water partition coefficient (Wildman–Crippen LogP) is 5.08. The number of amides is 1. The van der Waals surface area contributed by atoms with Gasteiger partial charge in [0.25, 0.3) is 0 Å². The molecule has 1 heterocycles. The van der Waals surface area contributed by atoms with Gasteiger partial charge in [-0.2, -0.15) is 0 Å². The number of nitrogens with zero attached hydrogens (tertiary/aromatic N) is 1. The number of pyridine rings is 1. The van der Waals surface area contributed by atoms with Crippen molar-refractivity contribution in [1.82, 2.24) is 4.98 Å². The second kappa shape index (κ2) is 11.7. The molecule has 0 aliphatic heterocycles. The van der Waals surface area contributed by atoms with Crippen LogP contribution in [-0.2, 0) is 20.9 Å². The van der Waals surface area contributed by atoms with Crippen LogP contribution in [0.2, 0.25) is 0 Å². The smallest absolute Gasteiger partial charge is 0.331 e. The van der Waals surface area contributed by atoms with Crippen molar-refractivity contribution in [2.45, 2.75) is 27.4 Å². The minimum Gasteiger partial charge on any atom is -0.487 e. The van der Waals surface area contributed by atoms with E-state index in [-0.39, 0.29) is 18.3 Å². The monoisotopic (exact) mass is 472 g/mol. The summed E-state index contributed by atoms with van der Waals surface area (Å²) in [5.41, 5.74) is 2.07. The first-order valence-electron chi connectivity index (χ1n) is 11.1. The Kier molecular flexibility index (Phi) is 8.51. The van der Waals surface area contributed by atoms with E-state index in [9.17, 15) is 14.4 Å². The lowest BCUT2D eigenvalue weighted by Gasteiger charge is -2.17. The fourth-order valence-corrected chi connectivity index (χ4v) is 2.81. The fourth-order valence-electron chi connectivity index (χ4n) is 2.81. The van der Waals surface area contributed by atoms with Crippen LogP contribution in [0.1, 0.15) is 42.4 Å². The Bertz CT molecular complexity index is 1180. The standard InChI is InChI=1S/C28H28N2O5/c1-28(2,3)27(33)30-22-12-10-21(11-13-22)25(31)19-35-26(32)16-9-20-7-14-24(15-8-20)34-18-23-6-4-5-17-29-23/h4-17H,18-19H2,1-3H3,(H,30,33). The van der Waals surface area contributed by atoms with E-state index in [4.69, 9.17) is 9.47 Å². The lowest BCUT2D eigenvalue weighted by Crippen LogP contribution is -2.27. The number of Topliss-reactive ketones (excluding diaryl/α,β-unsaturated/α-hetero) is 1. The number of ketones is 1. The normalized spacial score (nSPS) is 11.2. The molecule has 0 radical (unpaired) electrons. The quantitative estimate of drug-likeness (QED) is 0.265. The van der Waals surface area contributed by atoms with E-state index in [0.29, 0.717) is 23.6 Å². The lowest BCUT2D eigenvalue weighted by molar-refractivity contribution is -0.136. The number of nitrogens with one attached hydrogen (secondary N) is 1. The van der Waals surface area contributed by atoms with E-state index in [1.165, 1.54) is 6.08 Å². The Morgan fingerprint density at radius 2 is 1.66 bits per heavy atom. The molecule has 0 atom stereocenters.